The summed E-state index contributed by atoms with van der Waals surface area (Å²) in [6.45, 7) is 1.83. The van der Waals surface area contributed by atoms with Gasteiger partial charge < -0.3 is 0 Å². The molecule has 0 bridgehead atoms. The highest BCUT2D eigenvalue weighted by Crippen LogP contribution is 2.13. The number of carbonyl (C=O) groups excluding carboxylic acids is 1. The molecule has 0 fully saturated rings. The van der Waals surface area contributed by atoms with E-state index in [0.717, 1.165) is 12.0 Å². The molecular weight excluding hydrogens is 154 g/mol. The molecule has 0 spiro atoms. The smallest absolute Gasteiger partial charge is 0.274 e. The maximum absolute atomic E-state index is 11.0. The third kappa shape index (κ3) is 1.83. The van der Waals surface area contributed by atoms with Crippen LogP contribution in [-0.4, -0.2) is 11.1 Å². The van der Waals surface area contributed by atoms with Crippen molar-refractivity contribution in [1.29, 1.82) is 0 Å². The molecule has 0 radical (unpaired) electrons. The molecule has 0 unspecified atom stereocenters. The molecule has 3 heteroatoms. The summed E-state index contributed by atoms with van der Waals surface area (Å²) in [7, 11) is 0. The molecule has 3 nitrogen and oxygen atoms in total. The average molecular weight is 165 g/mol. The molecule has 0 aromatic carbocycles. The SMILES string of the molecule is CC1=CC=CCC=C1C(=O)NO. The van der Waals surface area contributed by atoms with Gasteiger partial charge in [-0.3, -0.25) is 10.0 Å². The van der Waals surface area contributed by atoms with Crippen LogP contribution in [0.3, 0.4) is 0 Å². The quantitative estimate of drug-likeness (QED) is 0.455. The van der Waals surface area contributed by atoms with Gasteiger partial charge in [-0.05, 0) is 18.9 Å². The predicted octanol–water partition coefficient (Wildman–Crippen LogP) is 1.32. The molecule has 1 amide bonds. The second kappa shape index (κ2) is 3.88. The first kappa shape index (κ1) is 8.74. The van der Waals surface area contributed by atoms with E-state index in [0.29, 0.717) is 5.57 Å². The van der Waals surface area contributed by atoms with Gasteiger partial charge in [0, 0.05) is 5.57 Å². The van der Waals surface area contributed by atoms with Crippen molar-refractivity contribution in [2.75, 3.05) is 0 Å². The molecule has 2 N–H and O–H groups in total. The van der Waals surface area contributed by atoms with E-state index in [1.165, 1.54) is 0 Å². The summed E-state index contributed by atoms with van der Waals surface area (Å²) in [4.78, 5) is 11.0. The average Bonchev–Trinajstić information content (AvgIpc) is 2.28. The molecule has 1 aliphatic carbocycles. The zero-order valence-electron chi connectivity index (χ0n) is 6.87. The van der Waals surface area contributed by atoms with Crippen LogP contribution in [0, 0.1) is 0 Å². The van der Waals surface area contributed by atoms with Gasteiger partial charge in [-0.15, -0.1) is 0 Å². The molecule has 0 aromatic rings. The third-order valence-electron chi connectivity index (χ3n) is 1.71. The molecule has 12 heavy (non-hydrogen) atoms. The minimum Gasteiger partial charge on any atom is -0.288 e. The first-order valence-electron chi connectivity index (χ1n) is 3.74. The molecule has 0 atom stereocenters. The minimum atomic E-state index is -0.451. The van der Waals surface area contributed by atoms with Crippen LogP contribution in [0.4, 0.5) is 0 Å². The molecule has 0 saturated carbocycles. The standard InChI is InChI=1S/C9H11NO2/c1-7-5-3-2-4-6-8(7)9(11)10-12/h2-3,5-6,12H,4H2,1H3,(H,10,11). The summed E-state index contributed by atoms with van der Waals surface area (Å²) in [6.07, 6.45) is 8.18. The summed E-state index contributed by atoms with van der Waals surface area (Å²) in [5.41, 5.74) is 3.00. The number of nitrogens with one attached hydrogen (secondary N) is 1. The van der Waals surface area contributed by atoms with Gasteiger partial charge in [0.1, 0.15) is 0 Å². The second-order valence-corrected chi connectivity index (χ2v) is 2.57. The van der Waals surface area contributed by atoms with Gasteiger partial charge in [-0.1, -0.05) is 24.3 Å². The fourth-order valence-electron chi connectivity index (χ4n) is 1.06. The van der Waals surface area contributed by atoms with E-state index < -0.39 is 5.91 Å². The molecular formula is C9H11NO2. The highest BCUT2D eigenvalue weighted by Gasteiger charge is 2.09. The van der Waals surface area contributed by atoms with E-state index in [1.807, 2.05) is 25.2 Å². The normalized spacial score (nSPS) is 16.2. The maximum atomic E-state index is 11.0. The minimum absolute atomic E-state index is 0.451. The van der Waals surface area contributed by atoms with E-state index in [9.17, 15) is 4.79 Å². The Morgan fingerprint density at radius 3 is 3.08 bits per heavy atom. The van der Waals surface area contributed by atoms with Gasteiger partial charge in [0.25, 0.3) is 5.91 Å². The monoisotopic (exact) mass is 165 g/mol. The Morgan fingerprint density at radius 2 is 2.42 bits per heavy atom. The highest BCUT2D eigenvalue weighted by molar-refractivity contribution is 5.97. The zero-order chi connectivity index (χ0) is 8.97. The second-order valence-electron chi connectivity index (χ2n) is 2.57. The van der Waals surface area contributed by atoms with E-state index in [-0.39, 0.29) is 0 Å². The van der Waals surface area contributed by atoms with E-state index in [2.05, 4.69) is 0 Å². The van der Waals surface area contributed by atoms with Crippen LogP contribution in [0.2, 0.25) is 0 Å². The third-order valence-corrected chi connectivity index (χ3v) is 1.71. The Kier molecular flexibility index (Phi) is 2.82. The predicted molar refractivity (Wildman–Crippen MR) is 45.5 cm³/mol. The van der Waals surface area contributed by atoms with Crippen LogP contribution >= 0.6 is 0 Å². The number of hydrogen-bond acceptors (Lipinski definition) is 2. The number of amides is 1. The van der Waals surface area contributed by atoms with Crippen LogP contribution in [0.25, 0.3) is 0 Å². The molecule has 1 rings (SSSR count). The van der Waals surface area contributed by atoms with Crippen molar-refractivity contribution in [3.8, 4) is 0 Å². The van der Waals surface area contributed by atoms with Gasteiger partial charge >= 0.3 is 0 Å². The molecule has 0 saturated heterocycles. The van der Waals surface area contributed by atoms with Crippen molar-refractivity contribution in [2.45, 2.75) is 13.3 Å². The van der Waals surface area contributed by atoms with Crippen LogP contribution in [-0.2, 0) is 4.79 Å². The van der Waals surface area contributed by atoms with Crippen LogP contribution < -0.4 is 5.48 Å². The van der Waals surface area contributed by atoms with Crippen LogP contribution in [0.1, 0.15) is 13.3 Å². The first-order valence-corrected chi connectivity index (χ1v) is 3.74. The zero-order valence-corrected chi connectivity index (χ0v) is 6.87. The van der Waals surface area contributed by atoms with Crippen LogP contribution in [0.15, 0.2) is 35.5 Å². The largest absolute Gasteiger partial charge is 0.288 e. The van der Waals surface area contributed by atoms with E-state index in [1.54, 1.807) is 11.6 Å². The van der Waals surface area contributed by atoms with Gasteiger partial charge in [0.15, 0.2) is 0 Å². The number of carbonyl (C=O) groups is 1. The Hall–Kier alpha value is -1.35. The number of rotatable bonds is 1. The first-order chi connectivity index (χ1) is 5.75. The van der Waals surface area contributed by atoms with Crippen molar-refractivity contribution in [3.05, 3.63) is 35.5 Å². The topological polar surface area (TPSA) is 49.3 Å². The lowest BCUT2D eigenvalue weighted by Gasteiger charge is -2.02. The number of hydrogen-bond donors (Lipinski definition) is 2. The Labute approximate surface area is 71.0 Å². The summed E-state index contributed by atoms with van der Waals surface area (Å²) in [5.74, 6) is -0.451. The molecule has 1 aliphatic rings. The van der Waals surface area contributed by atoms with Crippen molar-refractivity contribution in [1.82, 2.24) is 5.48 Å². The fourth-order valence-corrected chi connectivity index (χ4v) is 1.06. The van der Waals surface area contributed by atoms with E-state index in [4.69, 9.17) is 5.21 Å². The van der Waals surface area contributed by atoms with Gasteiger partial charge in [-0.25, -0.2) is 5.48 Å². The molecule has 0 aliphatic heterocycles. The number of hydroxylamine groups is 1. The van der Waals surface area contributed by atoms with E-state index >= 15 is 0 Å². The number of allylic oxidation sites excluding steroid dienone is 4. The molecule has 0 aromatic heterocycles. The van der Waals surface area contributed by atoms with Crippen molar-refractivity contribution >= 4 is 5.91 Å². The van der Waals surface area contributed by atoms with Gasteiger partial charge in [0.05, 0.1) is 0 Å². The van der Waals surface area contributed by atoms with Gasteiger partial charge in [0.2, 0.25) is 0 Å². The maximum Gasteiger partial charge on any atom is 0.274 e. The van der Waals surface area contributed by atoms with Crippen LogP contribution in [0.5, 0.6) is 0 Å². The summed E-state index contributed by atoms with van der Waals surface area (Å²) < 4.78 is 0. The van der Waals surface area contributed by atoms with Gasteiger partial charge in [-0.2, -0.15) is 0 Å². The summed E-state index contributed by atoms with van der Waals surface area (Å²) >= 11 is 0. The summed E-state index contributed by atoms with van der Waals surface area (Å²) in [5, 5.41) is 8.41. The Morgan fingerprint density at radius 1 is 1.67 bits per heavy atom. The lowest BCUT2D eigenvalue weighted by atomic mass is 10.1. The lowest BCUT2D eigenvalue weighted by Crippen LogP contribution is -2.21. The summed E-state index contributed by atoms with van der Waals surface area (Å²) in [6, 6.07) is 0. The van der Waals surface area contributed by atoms with Crippen molar-refractivity contribution in [3.63, 3.8) is 0 Å². The lowest BCUT2D eigenvalue weighted by molar-refractivity contribution is -0.125. The molecule has 64 valence electrons. The Balaban J connectivity index is 2.89. The van der Waals surface area contributed by atoms with Crippen molar-refractivity contribution < 1.29 is 10.0 Å². The Bertz CT molecular complexity index is 274. The fraction of sp³-hybridized carbons (Fsp3) is 0.222. The molecule has 0 heterocycles. The highest BCUT2D eigenvalue weighted by atomic mass is 16.5. The van der Waals surface area contributed by atoms with Crippen molar-refractivity contribution in [2.24, 2.45) is 0 Å².